The first-order valence-electron chi connectivity index (χ1n) is 8.83. The molecule has 10 heteroatoms. The van der Waals surface area contributed by atoms with Crippen molar-refractivity contribution in [2.45, 2.75) is 31.1 Å². The van der Waals surface area contributed by atoms with Crippen molar-refractivity contribution in [1.29, 1.82) is 0 Å². The molecule has 2 heterocycles. The number of nitrogens with zero attached hydrogens (tertiary/aromatic N) is 2. The summed E-state index contributed by atoms with van der Waals surface area (Å²) in [5.74, 6) is 0.503. The minimum atomic E-state index is -3.86. The normalized spacial score (nSPS) is 15.1. The number of amides is 1. The topological polar surface area (TPSA) is 109 Å². The molecule has 29 heavy (non-hydrogen) atoms. The lowest BCUT2D eigenvalue weighted by molar-refractivity contribution is -0.119. The first kappa shape index (κ1) is 19.3. The molecule has 0 bridgehead atoms. The van der Waals surface area contributed by atoms with Gasteiger partial charge in [-0.3, -0.25) is 19.2 Å². The number of nitrogens with one attached hydrogen (secondary N) is 3. The predicted octanol–water partition coefficient (Wildman–Crippen LogP) is 3.27. The molecule has 1 aliphatic heterocycles. The van der Waals surface area contributed by atoms with E-state index in [2.05, 4.69) is 20.2 Å². The van der Waals surface area contributed by atoms with Crippen LogP contribution in [0.2, 0.25) is 0 Å². The largest absolute Gasteiger partial charge is 0.325 e. The van der Waals surface area contributed by atoms with Crippen LogP contribution in [0, 0.1) is 11.7 Å². The van der Waals surface area contributed by atoms with E-state index < -0.39 is 15.4 Å². The number of aromatic amines is 1. The van der Waals surface area contributed by atoms with Gasteiger partial charge in [-0.05, 0) is 75.0 Å². The van der Waals surface area contributed by atoms with Crippen LogP contribution in [0.4, 0.5) is 11.4 Å². The fourth-order valence-corrected chi connectivity index (χ4v) is 4.68. The van der Waals surface area contributed by atoms with E-state index in [0.29, 0.717) is 33.2 Å². The molecule has 0 fully saturated rings. The molecule has 1 aromatic heterocycles. The molecular formula is C19H19N5O3S2. The maximum absolute atomic E-state index is 13.0. The van der Waals surface area contributed by atoms with Crippen LogP contribution in [0.1, 0.15) is 25.2 Å². The third-order valence-electron chi connectivity index (χ3n) is 4.99. The number of sulfonamides is 1. The number of anilines is 2. The van der Waals surface area contributed by atoms with Crippen LogP contribution in [0.5, 0.6) is 0 Å². The van der Waals surface area contributed by atoms with E-state index in [1.165, 1.54) is 12.1 Å². The summed E-state index contributed by atoms with van der Waals surface area (Å²) < 4.78 is 30.6. The molecule has 0 saturated carbocycles. The van der Waals surface area contributed by atoms with Crippen molar-refractivity contribution in [3.05, 3.63) is 58.6 Å². The third-order valence-corrected chi connectivity index (χ3v) is 6.64. The molecule has 3 aromatic rings. The highest BCUT2D eigenvalue weighted by atomic mass is 32.2. The van der Waals surface area contributed by atoms with Gasteiger partial charge in [0, 0.05) is 5.69 Å². The lowest BCUT2D eigenvalue weighted by Gasteiger charge is -2.16. The Morgan fingerprint density at radius 3 is 2.62 bits per heavy atom. The highest BCUT2D eigenvalue weighted by Crippen LogP contribution is 2.38. The Labute approximate surface area is 173 Å². The standard InChI is InChI=1S/C19H19N5O3S2/c1-11-21-22-18(28)24(11)13-6-4-5-12(9-13)23-29(26,27)14-7-8-16-15(10-14)19(2,3)17(25)20-16/h4-10,23H,1-3H3,(H,20,25)(H,22,28). The minimum absolute atomic E-state index is 0.0855. The summed E-state index contributed by atoms with van der Waals surface area (Å²) in [6.07, 6.45) is 0. The van der Waals surface area contributed by atoms with Gasteiger partial charge in [0.1, 0.15) is 5.82 Å². The molecule has 0 radical (unpaired) electrons. The number of hydrogen-bond donors (Lipinski definition) is 3. The average Bonchev–Trinajstić information content (AvgIpc) is 3.10. The summed E-state index contributed by atoms with van der Waals surface area (Å²) in [7, 11) is -3.86. The van der Waals surface area contributed by atoms with Crippen molar-refractivity contribution >= 4 is 39.5 Å². The van der Waals surface area contributed by atoms with Gasteiger partial charge in [0.25, 0.3) is 10.0 Å². The lowest BCUT2D eigenvalue weighted by atomic mass is 9.86. The van der Waals surface area contributed by atoms with Gasteiger partial charge in [-0.25, -0.2) is 8.42 Å². The number of H-pyrrole nitrogens is 1. The Morgan fingerprint density at radius 1 is 1.17 bits per heavy atom. The molecule has 150 valence electrons. The second-order valence-corrected chi connectivity index (χ2v) is 9.42. The van der Waals surface area contributed by atoms with Gasteiger partial charge in [-0.1, -0.05) is 6.07 Å². The van der Waals surface area contributed by atoms with Crippen molar-refractivity contribution in [1.82, 2.24) is 14.8 Å². The van der Waals surface area contributed by atoms with Crippen molar-refractivity contribution in [2.24, 2.45) is 0 Å². The summed E-state index contributed by atoms with van der Waals surface area (Å²) >= 11 is 5.23. The predicted molar refractivity (Wildman–Crippen MR) is 112 cm³/mol. The van der Waals surface area contributed by atoms with Crippen molar-refractivity contribution < 1.29 is 13.2 Å². The highest BCUT2D eigenvalue weighted by Gasteiger charge is 2.39. The van der Waals surface area contributed by atoms with E-state index in [0.717, 1.165) is 0 Å². The average molecular weight is 430 g/mol. The smallest absolute Gasteiger partial charge is 0.261 e. The van der Waals surface area contributed by atoms with Crippen molar-refractivity contribution in [3.63, 3.8) is 0 Å². The van der Waals surface area contributed by atoms with Crippen LogP contribution < -0.4 is 10.0 Å². The van der Waals surface area contributed by atoms with Gasteiger partial charge in [-0.2, -0.15) is 5.10 Å². The summed E-state index contributed by atoms with van der Waals surface area (Å²) in [6, 6.07) is 11.5. The number of rotatable bonds is 4. The molecule has 1 amide bonds. The Hall–Kier alpha value is -2.98. The molecule has 1 aliphatic rings. The van der Waals surface area contributed by atoms with Gasteiger partial charge in [0.2, 0.25) is 5.91 Å². The molecule has 2 aromatic carbocycles. The first-order chi connectivity index (χ1) is 13.6. The Morgan fingerprint density at radius 2 is 1.93 bits per heavy atom. The lowest BCUT2D eigenvalue weighted by Crippen LogP contribution is -2.27. The molecule has 0 aliphatic carbocycles. The van der Waals surface area contributed by atoms with E-state index >= 15 is 0 Å². The van der Waals surface area contributed by atoms with Gasteiger partial charge < -0.3 is 5.32 Å². The van der Waals surface area contributed by atoms with E-state index in [9.17, 15) is 13.2 Å². The third kappa shape index (κ3) is 3.23. The van der Waals surface area contributed by atoms with Crippen LogP contribution in [0.25, 0.3) is 5.69 Å². The van der Waals surface area contributed by atoms with E-state index in [1.54, 1.807) is 49.6 Å². The molecule has 0 saturated heterocycles. The number of fused-ring (bicyclic) bond motifs is 1. The van der Waals surface area contributed by atoms with Crippen LogP contribution in [0.3, 0.4) is 0 Å². The molecule has 0 atom stereocenters. The van der Waals surface area contributed by atoms with E-state index in [-0.39, 0.29) is 10.8 Å². The molecule has 0 unspecified atom stereocenters. The van der Waals surface area contributed by atoms with Gasteiger partial charge in [-0.15, -0.1) is 0 Å². The Kier molecular flexibility index (Phi) is 4.35. The zero-order chi connectivity index (χ0) is 21.0. The SMILES string of the molecule is Cc1n[nH]c(=S)n1-c1cccc(NS(=O)(=O)c2ccc3c(c2)C(C)(C)C(=O)N3)c1. The number of aromatic nitrogens is 3. The number of aryl methyl sites for hydroxylation is 1. The van der Waals surface area contributed by atoms with E-state index in [1.807, 2.05) is 6.07 Å². The zero-order valence-electron chi connectivity index (χ0n) is 16.0. The Balaban J connectivity index is 1.69. The molecular weight excluding hydrogens is 410 g/mol. The quantitative estimate of drug-likeness (QED) is 0.552. The number of hydrogen-bond acceptors (Lipinski definition) is 5. The van der Waals surface area contributed by atoms with Gasteiger partial charge in [0.15, 0.2) is 4.77 Å². The van der Waals surface area contributed by atoms with Crippen LogP contribution >= 0.6 is 12.2 Å². The number of benzene rings is 2. The molecule has 8 nitrogen and oxygen atoms in total. The minimum Gasteiger partial charge on any atom is -0.325 e. The molecule has 4 rings (SSSR count). The van der Waals surface area contributed by atoms with Crippen LogP contribution in [-0.2, 0) is 20.2 Å². The van der Waals surface area contributed by atoms with Crippen molar-refractivity contribution in [2.75, 3.05) is 10.0 Å². The van der Waals surface area contributed by atoms with Crippen LogP contribution in [0.15, 0.2) is 47.4 Å². The zero-order valence-corrected chi connectivity index (χ0v) is 17.6. The summed E-state index contributed by atoms with van der Waals surface area (Å²) in [6.45, 7) is 5.32. The maximum Gasteiger partial charge on any atom is 0.261 e. The second-order valence-electron chi connectivity index (χ2n) is 7.35. The molecule has 0 spiro atoms. The van der Waals surface area contributed by atoms with Crippen LogP contribution in [-0.4, -0.2) is 29.1 Å². The monoisotopic (exact) mass is 429 g/mol. The van der Waals surface area contributed by atoms with Gasteiger partial charge >= 0.3 is 0 Å². The summed E-state index contributed by atoms with van der Waals surface area (Å²) in [5, 5.41) is 9.55. The maximum atomic E-state index is 13.0. The van der Waals surface area contributed by atoms with Crippen molar-refractivity contribution in [3.8, 4) is 5.69 Å². The fraction of sp³-hybridized carbons (Fsp3) is 0.211. The van der Waals surface area contributed by atoms with Gasteiger partial charge in [0.05, 0.1) is 21.7 Å². The second kappa shape index (κ2) is 6.53. The highest BCUT2D eigenvalue weighted by molar-refractivity contribution is 7.92. The van der Waals surface area contributed by atoms with E-state index in [4.69, 9.17) is 12.2 Å². The molecule has 3 N–H and O–H groups in total. The summed E-state index contributed by atoms with van der Waals surface area (Å²) in [4.78, 5) is 12.2. The fourth-order valence-electron chi connectivity index (χ4n) is 3.32. The number of carbonyl (C=O) groups is 1. The Bertz CT molecular complexity index is 1310. The first-order valence-corrected chi connectivity index (χ1v) is 10.7. The number of carbonyl (C=O) groups excluding carboxylic acids is 1. The summed E-state index contributed by atoms with van der Waals surface area (Å²) in [5.41, 5.74) is 1.56.